The van der Waals surface area contributed by atoms with Crippen LogP contribution in [-0.4, -0.2) is 28.2 Å². The van der Waals surface area contributed by atoms with E-state index in [1.54, 1.807) is 18.7 Å². The number of carbonyl (C=O) groups excluding carboxylic acids is 1. The highest BCUT2D eigenvalue weighted by molar-refractivity contribution is 7.98. The van der Waals surface area contributed by atoms with Crippen molar-refractivity contribution in [3.63, 3.8) is 0 Å². The van der Waals surface area contributed by atoms with Gasteiger partial charge in [0.15, 0.2) is 5.82 Å². The first-order valence-corrected chi connectivity index (χ1v) is 5.21. The smallest absolute Gasteiger partial charge is 0.226 e. The number of aryl methyl sites for hydroxylation is 1. The molecule has 1 heterocycles. The first kappa shape index (κ1) is 10.0. The zero-order valence-corrected chi connectivity index (χ0v) is 8.35. The molecule has 5 nitrogen and oxygen atoms in total. The molecule has 0 radical (unpaired) electrons. The highest BCUT2D eigenvalue weighted by atomic mass is 32.2. The van der Waals surface area contributed by atoms with Gasteiger partial charge in [-0.2, -0.15) is 11.8 Å². The number of hydrogen-bond acceptors (Lipinski definition) is 5. The molecule has 1 amide bonds. The Morgan fingerprint density at radius 1 is 1.62 bits per heavy atom. The van der Waals surface area contributed by atoms with Gasteiger partial charge in [0, 0.05) is 12.2 Å². The summed E-state index contributed by atoms with van der Waals surface area (Å²) in [4.78, 5) is 11.2. The monoisotopic (exact) mass is 201 g/mol. The Morgan fingerprint density at radius 2 is 2.38 bits per heavy atom. The molecule has 0 aliphatic carbocycles. The van der Waals surface area contributed by atoms with E-state index in [-0.39, 0.29) is 5.91 Å². The number of nitrogens with one attached hydrogen (secondary N) is 1. The lowest BCUT2D eigenvalue weighted by Crippen LogP contribution is -2.13. The number of aromatic nitrogens is 2. The fraction of sp³-hybridized carbons (Fsp3) is 0.571. The average Bonchev–Trinajstić information content (AvgIpc) is 2.48. The summed E-state index contributed by atoms with van der Waals surface area (Å²) in [6, 6.07) is 0. The van der Waals surface area contributed by atoms with E-state index >= 15 is 0 Å². The van der Waals surface area contributed by atoms with Gasteiger partial charge in [0.2, 0.25) is 5.91 Å². The van der Waals surface area contributed by atoms with E-state index in [0.29, 0.717) is 17.9 Å². The van der Waals surface area contributed by atoms with Gasteiger partial charge in [0.25, 0.3) is 0 Å². The van der Waals surface area contributed by atoms with Crippen LogP contribution in [0.15, 0.2) is 4.63 Å². The molecule has 1 N–H and O–H groups in total. The summed E-state index contributed by atoms with van der Waals surface area (Å²) < 4.78 is 4.43. The number of hydrogen-bond donors (Lipinski definition) is 1. The molecule has 0 aliphatic heterocycles. The molecule has 1 aromatic rings. The number of nitrogens with zero attached hydrogens (tertiary/aromatic N) is 2. The summed E-state index contributed by atoms with van der Waals surface area (Å²) in [7, 11) is 0. The van der Waals surface area contributed by atoms with Crippen LogP contribution in [0.2, 0.25) is 0 Å². The van der Waals surface area contributed by atoms with Crippen LogP contribution in [0, 0.1) is 6.92 Å². The van der Waals surface area contributed by atoms with Crippen molar-refractivity contribution in [3.8, 4) is 0 Å². The Hall–Kier alpha value is -1.04. The quantitative estimate of drug-likeness (QED) is 0.789. The van der Waals surface area contributed by atoms with E-state index in [1.165, 1.54) is 0 Å². The topological polar surface area (TPSA) is 68.0 Å². The van der Waals surface area contributed by atoms with Gasteiger partial charge in [-0.3, -0.25) is 4.79 Å². The first-order chi connectivity index (χ1) is 6.24. The summed E-state index contributed by atoms with van der Waals surface area (Å²) in [5.74, 6) is 1.15. The van der Waals surface area contributed by atoms with Crippen LogP contribution < -0.4 is 5.32 Å². The van der Waals surface area contributed by atoms with Crippen molar-refractivity contribution < 1.29 is 9.42 Å². The molecule has 72 valence electrons. The summed E-state index contributed by atoms with van der Waals surface area (Å²) in [6.45, 7) is 1.72. The molecule has 0 bridgehead atoms. The molecule has 0 fully saturated rings. The zero-order chi connectivity index (χ0) is 9.68. The van der Waals surface area contributed by atoms with E-state index in [1.807, 2.05) is 6.26 Å². The van der Waals surface area contributed by atoms with Crippen molar-refractivity contribution >= 4 is 23.5 Å². The molecule has 0 aliphatic rings. The molecule has 0 saturated carbocycles. The molecule has 1 aromatic heterocycles. The lowest BCUT2D eigenvalue weighted by Gasteiger charge is -1.99. The van der Waals surface area contributed by atoms with Gasteiger partial charge in [0.05, 0.1) is 0 Å². The van der Waals surface area contributed by atoms with Gasteiger partial charge >= 0.3 is 0 Å². The number of thioether (sulfide) groups is 1. The normalized spacial score (nSPS) is 10.0. The minimum Gasteiger partial charge on any atom is -0.306 e. The Kier molecular flexibility index (Phi) is 3.75. The van der Waals surface area contributed by atoms with Crippen molar-refractivity contribution in [2.75, 3.05) is 17.3 Å². The van der Waals surface area contributed by atoms with E-state index in [2.05, 4.69) is 20.3 Å². The van der Waals surface area contributed by atoms with E-state index in [4.69, 9.17) is 0 Å². The van der Waals surface area contributed by atoms with Crippen LogP contribution >= 0.6 is 11.8 Å². The molecular weight excluding hydrogens is 190 g/mol. The summed E-state index contributed by atoms with van der Waals surface area (Å²) in [5, 5.41) is 9.69. The maximum absolute atomic E-state index is 11.2. The number of anilines is 1. The average molecular weight is 201 g/mol. The third-order valence-electron chi connectivity index (χ3n) is 1.44. The number of carbonyl (C=O) groups is 1. The van der Waals surface area contributed by atoms with E-state index < -0.39 is 0 Å². The van der Waals surface area contributed by atoms with Crippen LogP contribution in [0.25, 0.3) is 0 Å². The van der Waals surface area contributed by atoms with Crippen LogP contribution in [0.5, 0.6) is 0 Å². The molecular formula is C7H11N3O2S. The third kappa shape index (κ3) is 3.06. The van der Waals surface area contributed by atoms with Crippen LogP contribution in [0.3, 0.4) is 0 Å². The van der Waals surface area contributed by atoms with Crippen LogP contribution in [0.1, 0.15) is 12.1 Å². The van der Waals surface area contributed by atoms with E-state index in [9.17, 15) is 4.79 Å². The third-order valence-corrected chi connectivity index (χ3v) is 2.06. The van der Waals surface area contributed by atoms with Gasteiger partial charge in [-0.25, -0.2) is 4.63 Å². The predicted molar refractivity (Wildman–Crippen MR) is 50.7 cm³/mol. The van der Waals surface area contributed by atoms with E-state index in [0.717, 1.165) is 5.75 Å². The highest BCUT2D eigenvalue weighted by Gasteiger charge is 2.08. The number of amides is 1. The van der Waals surface area contributed by atoms with Gasteiger partial charge in [0.1, 0.15) is 5.69 Å². The SMILES string of the molecule is CSCCC(=O)Nc1nonc1C. The molecule has 0 aromatic carbocycles. The lowest BCUT2D eigenvalue weighted by molar-refractivity contribution is -0.115. The highest BCUT2D eigenvalue weighted by Crippen LogP contribution is 2.07. The van der Waals surface area contributed by atoms with Crippen molar-refractivity contribution in [1.29, 1.82) is 0 Å². The number of rotatable bonds is 4. The van der Waals surface area contributed by atoms with Gasteiger partial charge in [-0.15, -0.1) is 0 Å². The fourth-order valence-corrected chi connectivity index (χ4v) is 1.12. The summed E-state index contributed by atoms with van der Waals surface area (Å²) in [5.41, 5.74) is 0.595. The maximum atomic E-state index is 11.2. The Bertz CT molecular complexity index is 287. The van der Waals surface area contributed by atoms with Crippen molar-refractivity contribution in [2.45, 2.75) is 13.3 Å². The molecule has 1 rings (SSSR count). The molecule has 0 atom stereocenters. The molecule has 6 heteroatoms. The Morgan fingerprint density at radius 3 is 2.92 bits per heavy atom. The lowest BCUT2D eigenvalue weighted by atomic mass is 10.4. The minimum atomic E-state index is -0.0619. The molecule has 13 heavy (non-hydrogen) atoms. The minimum absolute atomic E-state index is 0.0619. The van der Waals surface area contributed by atoms with Crippen LogP contribution in [-0.2, 0) is 4.79 Å². The molecule has 0 unspecified atom stereocenters. The Labute approximate surface area is 80.2 Å². The van der Waals surface area contributed by atoms with Gasteiger partial charge in [-0.05, 0) is 18.3 Å². The van der Waals surface area contributed by atoms with Crippen molar-refractivity contribution in [3.05, 3.63) is 5.69 Å². The summed E-state index contributed by atoms with van der Waals surface area (Å²) in [6.07, 6.45) is 2.43. The second-order valence-corrected chi connectivity index (χ2v) is 3.47. The van der Waals surface area contributed by atoms with Crippen molar-refractivity contribution in [1.82, 2.24) is 10.3 Å². The largest absolute Gasteiger partial charge is 0.306 e. The Balaban J connectivity index is 2.41. The van der Waals surface area contributed by atoms with Crippen molar-refractivity contribution in [2.24, 2.45) is 0 Å². The fourth-order valence-electron chi connectivity index (χ4n) is 0.734. The van der Waals surface area contributed by atoms with Gasteiger partial charge in [-0.1, -0.05) is 5.16 Å². The second kappa shape index (κ2) is 4.86. The standard InChI is InChI=1S/C7H11N3O2S/c1-5-7(10-12-9-5)8-6(11)3-4-13-2/h3-4H2,1-2H3,(H,8,10,11). The second-order valence-electron chi connectivity index (χ2n) is 2.49. The predicted octanol–water partition coefficient (Wildman–Crippen LogP) is 1.07. The molecule has 0 saturated heterocycles. The summed E-state index contributed by atoms with van der Waals surface area (Å²) >= 11 is 1.63. The van der Waals surface area contributed by atoms with Crippen LogP contribution in [0.4, 0.5) is 5.82 Å². The first-order valence-electron chi connectivity index (χ1n) is 3.82. The maximum Gasteiger partial charge on any atom is 0.226 e. The van der Waals surface area contributed by atoms with Gasteiger partial charge < -0.3 is 5.32 Å². The zero-order valence-electron chi connectivity index (χ0n) is 7.53. The molecule has 0 spiro atoms.